The molecule has 1 nitrogen and oxygen atoms in total. The SMILES string of the molecule is CNC(c1ccccc1I)c1sccc1Br. The normalized spacial score (nSPS) is 12.7. The van der Waals surface area contributed by atoms with Crippen LogP contribution in [0.2, 0.25) is 0 Å². The molecule has 1 atom stereocenters. The van der Waals surface area contributed by atoms with E-state index in [1.165, 1.54) is 18.5 Å². The van der Waals surface area contributed by atoms with Crippen LogP contribution in [0, 0.1) is 3.57 Å². The van der Waals surface area contributed by atoms with Gasteiger partial charge in [-0.15, -0.1) is 11.3 Å². The second-order valence-corrected chi connectivity index (χ2v) is 6.34. The fourth-order valence-corrected chi connectivity index (χ4v) is 4.08. The van der Waals surface area contributed by atoms with E-state index in [4.69, 9.17) is 0 Å². The maximum atomic E-state index is 3.60. The van der Waals surface area contributed by atoms with Crippen molar-refractivity contribution in [1.82, 2.24) is 5.32 Å². The van der Waals surface area contributed by atoms with Crippen LogP contribution in [0.5, 0.6) is 0 Å². The standard InChI is InChI=1S/C12H11BrINS/c1-15-11(12-9(13)6-7-16-12)8-4-2-3-5-10(8)14/h2-7,11,15H,1H3. The summed E-state index contributed by atoms with van der Waals surface area (Å²) in [5.41, 5.74) is 1.33. The Hall–Kier alpha value is 0.0900. The lowest BCUT2D eigenvalue weighted by molar-refractivity contribution is 0.698. The minimum atomic E-state index is 0.266. The molecule has 0 aliphatic carbocycles. The lowest BCUT2D eigenvalue weighted by Gasteiger charge is -2.17. The first-order valence-corrected chi connectivity index (χ1v) is 7.63. The average molecular weight is 408 g/mol. The van der Waals surface area contributed by atoms with Crippen LogP contribution in [-0.2, 0) is 0 Å². The van der Waals surface area contributed by atoms with E-state index in [0.717, 1.165) is 0 Å². The van der Waals surface area contributed by atoms with Crippen LogP contribution in [0.25, 0.3) is 0 Å². The Morgan fingerprint density at radius 1 is 1.31 bits per heavy atom. The van der Waals surface area contributed by atoms with Crippen molar-refractivity contribution in [2.45, 2.75) is 6.04 Å². The van der Waals surface area contributed by atoms with Crippen molar-refractivity contribution in [1.29, 1.82) is 0 Å². The molecule has 1 aromatic heterocycles. The summed E-state index contributed by atoms with van der Waals surface area (Å²) in [5, 5.41) is 5.49. The van der Waals surface area contributed by atoms with Crippen molar-refractivity contribution in [3.05, 3.63) is 54.2 Å². The van der Waals surface area contributed by atoms with Gasteiger partial charge < -0.3 is 5.32 Å². The van der Waals surface area contributed by atoms with Crippen LogP contribution in [0.3, 0.4) is 0 Å². The van der Waals surface area contributed by atoms with E-state index < -0.39 is 0 Å². The number of hydrogen-bond acceptors (Lipinski definition) is 2. The summed E-state index contributed by atoms with van der Waals surface area (Å²) in [7, 11) is 2.00. The molecule has 2 rings (SSSR count). The second kappa shape index (κ2) is 5.62. The number of thiophene rings is 1. The highest BCUT2D eigenvalue weighted by atomic mass is 127. The third-order valence-electron chi connectivity index (χ3n) is 2.41. The van der Waals surface area contributed by atoms with Gasteiger partial charge in [-0.3, -0.25) is 0 Å². The molecule has 2 aromatic rings. The van der Waals surface area contributed by atoms with Gasteiger partial charge >= 0.3 is 0 Å². The average Bonchev–Trinajstić information content (AvgIpc) is 2.69. The number of halogens is 2. The zero-order valence-electron chi connectivity index (χ0n) is 8.71. The summed E-state index contributed by atoms with van der Waals surface area (Å²) in [6, 6.07) is 10.8. The zero-order valence-corrected chi connectivity index (χ0v) is 13.3. The molecule has 0 aliphatic heterocycles. The van der Waals surface area contributed by atoms with E-state index in [-0.39, 0.29) is 6.04 Å². The maximum absolute atomic E-state index is 3.60. The molecule has 16 heavy (non-hydrogen) atoms. The smallest absolute Gasteiger partial charge is 0.0690 e. The summed E-state index contributed by atoms with van der Waals surface area (Å²) in [6.45, 7) is 0. The van der Waals surface area contributed by atoms with E-state index in [0.29, 0.717) is 0 Å². The van der Waals surface area contributed by atoms with Gasteiger partial charge in [0.2, 0.25) is 0 Å². The molecule has 0 amide bonds. The van der Waals surface area contributed by atoms with E-state index in [9.17, 15) is 0 Å². The predicted octanol–water partition coefficient (Wildman–Crippen LogP) is 4.42. The van der Waals surface area contributed by atoms with E-state index >= 15 is 0 Å². The molecule has 0 bridgehead atoms. The van der Waals surface area contributed by atoms with Gasteiger partial charge in [0.1, 0.15) is 0 Å². The molecule has 1 unspecified atom stereocenters. The molecule has 4 heteroatoms. The van der Waals surface area contributed by atoms with Gasteiger partial charge in [0.25, 0.3) is 0 Å². The van der Waals surface area contributed by atoms with Gasteiger partial charge in [0.15, 0.2) is 0 Å². The molecular formula is C12H11BrINS. The largest absolute Gasteiger partial charge is 0.309 e. The van der Waals surface area contributed by atoms with Crippen LogP contribution < -0.4 is 5.32 Å². The Morgan fingerprint density at radius 3 is 2.62 bits per heavy atom. The number of nitrogens with one attached hydrogen (secondary N) is 1. The molecule has 1 N–H and O–H groups in total. The van der Waals surface area contributed by atoms with Gasteiger partial charge in [0.05, 0.1) is 6.04 Å². The van der Waals surface area contributed by atoms with Crippen LogP contribution in [-0.4, -0.2) is 7.05 Å². The Kier molecular flexibility index (Phi) is 4.41. The monoisotopic (exact) mass is 407 g/mol. The minimum Gasteiger partial charge on any atom is -0.309 e. The molecule has 84 valence electrons. The number of hydrogen-bond donors (Lipinski definition) is 1. The number of rotatable bonds is 3. The van der Waals surface area contributed by atoms with Crippen molar-refractivity contribution in [2.24, 2.45) is 0 Å². The Balaban J connectivity index is 2.45. The number of benzene rings is 1. The van der Waals surface area contributed by atoms with E-state index in [1.54, 1.807) is 11.3 Å². The van der Waals surface area contributed by atoms with Crippen LogP contribution >= 0.6 is 49.9 Å². The first-order valence-electron chi connectivity index (χ1n) is 4.88. The Morgan fingerprint density at radius 2 is 2.06 bits per heavy atom. The molecule has 0 fully saturated rings. The molecule has 0 radical (unpaired) electrons. The van der Waals surface area contributed by atoms with Gasteiger partial charge in [-0.05, 0) is 68.6 Å². The van der Waals surface area contributed by atoms with Crippen LogP contribution in [0.1, 0.15) is 16.5 Å². The summed E-state index contributed by atoms with van der Waals surface area (Å²) in [5.74, 6) is 0. The first-order chi connectivity index (χ1) is 7.74. The van der Waals surface area contributed by atoms with Crippen molar-refractivity contribution in [3.8, 4) is 0 Å². The fourth-order valence-electron chi connectivity index (χ4n) is 1.65. The Bertz CT molecular complexity index is 483. The highest BCUT2D eigenvalue weighted by Gasteiger charge is 2.17. The molecule has 0 aliphatic rings. The molecule has 0 spiro atoms. The zero-order chi connectivity index (χ0) is 11.5. The molecule has 0 saturated heterocycles. The lowest BCUT2D eigenvalue weighted by Crippen LogP contribution is -2.17. The van der Waals surface area contributed by atoms with Crippen LogP contribution in [0.4, 0.5) is 0 Å². The Labute approximate surface area is 122 Å². The highest BCUT2D eigenvalue weighted by molar-refractivity contribution is 14.1. The second-order valence-electron chi connectivity index (χ2n) is 3.38. The minimum absolute atomic E-state index is 0.266. The molecule has 1 heterocycles. The van der Waals surface area contributed by atoms with Gasteiger partial charge in [0, 0.05) is 12.9 Å². The topological polar surface area (TPSA) is 12.0 Å². The highest BCUT2D eigenvalue weighted by Crippen LogP contribution is 2.34. The van der Waals surface area contributed by atoms with Gasteiger partial charge in [-0.25, -0.2) is 0 Å². The molecule has 1 aromatic carbocycles. The molecule has 0 saturated carbocycles. The quantitative estimate of drug-likeness (QED) is 0.742. The summed E-state index contributed by atoms with van der Waals surface area (Å²) >= 11 is 7.76. The van der Waals surface area contributed by atoms with Crippen LogP contribution in [0.15, 0.2) is 40.2 Å². The van der Waals surface area contributed by atoms with Crippen molar-refractivity contribution in [2.75, 3.05) is 7.05 Å². The van der Waals surface area contributed by atoms with Crippen molar-refractivity contribution in [3.63, 3.8) is 0 Å². The third-order valence-corrected chi connectivity index (χ3v) is 5.33. The first kappa shape index (κ1) is 12.5. The summed E-state index contributed by atoms with van der Waals surface area (Å²) in [4.78, 5) is 1.33. The van der Waals surface area contributed by atoms with Gasteiger partial charge in [-0.1, -0.05) is 18.2 Å². The fraction of sp³-hybridized carbons (Fsp3) is 0.167. The maximum Gasteiger partial charge on any atom is 0.0690 e. The third kappa shape index (κ3) is 2.50. The lowest BCUT2D eigenvalue weighted by atomic mass is 10.1. The summed E-state index contributed by atoms with van der Waals surface area (Å²) in [6.07, 6.45) is 0. The summed E-state index contributed by atoms with van der Waals surface area (Å²) < 4.78 is 2.47. The van der Waals surface area contributed by atoms with E-state index in [2.05, 4.69) is 79.5 Å². The van der Waals surface area contributed by atoms with E-state index in [1.807, 2.05) is 7.05 Å². The van der Waals surface area contributed by atoms with Crippen molar-refractivity contribution < 1.29 is 0 Å². The van der Waals surface area contributed by atoms with Gasteiger partial charge in [-0.2, -0.15) is 0 Å². The predicted molar refractivity (Wildman–Crippen MR) is 82.1 cm³/mol. The van der Waals surface area contributed by atoms with Crippen molar-refractivity contribution >= 4 is 49.9 Å². The molecular weight excluding hydrogens is 397 g/mol.